The monoisotopic (exact) mass is 398 g/mol. The van der Waals surface area contributed by atoms with Crippen LogP contribution in [0.25, 0.3) is 11.4 Å². The second kappa shape index (κ2) is 7.70. The van der Waals surface area contributed by atoms with Crippen molar-refractivity contribution in [2.24, 2.45) is 5.41 Å². The summed E-state index contributed by atoms with van der Waals surface area (Å²) in [7, 11) is 0. The van der Waals surface area contributed by atoms with Gasteiger partial charge < -0.3 is 9.80 Å². The third kappa shape index (κ3) is 3.60. The molecule has 0 atom stereocenters. The zero-order valence-electron chi connectivity index (χ0n) is 16.6. The Labute approximate surface area is 171 Å². The molecule has 1 amide bonds. The van der Waals surface area contributed by atoms with Gasteiger partial charge in [0.1, 0.15) is 5.82 Å². The lowest BCUT2D eigenvalue weighted by atomic mass is 9.92. The van der Waals surface area contributed by atoms with Gasteiger partial charge in [-0.1, -0.05) is 30.3 Å². The standard InChI is InChI=1S/C22H27ClN4O/c1-22(2,15-23)21(28)27-13-10-18-17(14-27)20(26-11-6-7-12-26)25-19(24-18)16-8-4-3-5-9-16/h3-5,8-9H,6-7,10-15H2,1-2H3. The highest BCUT2D eigenvalue weighted by atomic mass is 35.5. The number of carbonyl (C=O) groups is 1. The molecule has 1 fully saturated rings. The van der Waals surface area contributed by atoms with Gasteiger partial charge in [-0.25, -0.2) is 9.97 Å². The number of nitrogens with zero attached hydrogens (tertiary/aromatic N) is 4. The molecule has 0 unspecified atom stereocenters. The summed E-state index contributed by atoms with van der Waals surface area (Å²) in [5.41, 5.74) is 2.65. The van der Waals surface area contributed by atoms with Gasteiger partial charge >= 0.3 is 0 Å². The summed E-state index contributed by atoms with van der Waals surface area (Å²) in [5.74, 6) is 2.20. The summed E-state index contributed by atoms with van der Waals surface area (Å²) in [4.78, 5) is 27.1. The Hall–Kier alpha value is -2.14. The van der Waals surface area contributed by atoms with Crippen LogP contribution in [-0.2, 0) is 17.8 Å². The average molecular weight is 399 g/mol. The van der Waals surface area contributed by atoms with E-state index < -0.39 is 5.41 Å². The van der Waals surface area contributed by atoms with Crippen LogP contribution in [0.1, 0.15) is 37.9 Å². The molecule has 1 aromatic carbocycles. The Balaban J connectivity index is 1.73. The zero-order chi connectivity index (χ0) is 19.7. The molecule has 28 heavy (non-hydrogen) atoms. The molecule has 1 saturated heterocycles. The maximum absolute atomic E-state index is 13.0. The second-order valence-electron chi connectivity index (χ2n) is 8.35. The van der Waals surface area contributed by atoms with Crippen molar-refractivity contribution in [3.63, 3.8) is 0 Å². The number of anilines is 1. The maximum atomic E-state index is 13.0. The first-order valence-corrected chi connectivity index (χ1v) is 10.6. The molecule has 0 aliphatic carbocycles. The van der Waals surface area contributed by atoms with Crippen molar-refractivity contribution in [1.82, 2.24) is 14.9 Å². The molecule has 0 saturated carbocycles. The first kappa shape index (κ1) is 19.2. The van der Waals surface area contributed by atoms with Gasteiger partial charge in [0.25, 0.3) is 0 Å². The van der Waals surface area contributed by atoms with Gasteiger partial charge in [0.2, 0.25) is 5.91 Å². The highest BCUT2D eigenvalue weighted by molar-refractivity contribution is 6.19. The number of alkyl halides is 1. The van der Waals surface area contributed by atoms with Crippen molar-refractivity contribution in [2.45, 2.75) is 39.7 Å². The fraction of sp³-hybridized carbons (Fsp3) is 0.500. The molecule has 0 spiro atoms. The summed E-state index contributed by atoms with van der Waals surface area (Å²) >= 11 is 6.05. The number of halogens is 1. The van der Waals surface area contributed by atoms with Gasteiger partial charge in [-0.2, -0.15) is 0 Å². The van der Waals surface area contributed by atoms with Crippen molar-refractivity contribution in [2.75, 3.05) is 30.4 Å². The Morgan fingerprint density at radius 2 is 1.82 bits per heavy atom. The van der Waals surface area contributed by atoms with Crippen LogP contribution in [0.3, 0.4) is 0 Å². The van der Waals surface area contributed by atoms with Crippen molar-refractivity contribution >= 4 is 23.3 Å². The lowest BCUT2D eigenvalue weighted by Crippen LogP contribution is -2.45. The number of amides is 1. The summed E-state index contributed by atoms with van der Waals surface area (Å²) in [6, 6.07) is 10.1. The number of hydrogen-bond acceptors (Lipinski definition) is 4. The van der Waals surface area contributed by atoms with E-state index >= 15 is 0 Å². The highest BCUT2D eigenvalue weighted by Gasteiger charge is 2.35. The minimum atomic E-state index is -0.558. The van der Waals surface area contributed by atoms with Crippen molar-refractivity contribution < 1.29 is 4.79 Å². The fourth-order valence-corrected chi connectivity index (χ4v) is 4.08. The fourth-order valence-electron chi connectivity index (χ4n) is 3.96. The van der Waals surface area contributed by atoms with E-state index in [9.17, 15) is 4.79 Å². The van der Waals surface area contributed by atoms with Gasteiger partial charge in [0, 0.05) is 43.1 Å². The molecule has 2 aromatic rings. The second-order valence-corrected chi connectivity index (χ2v) is 8.62. The average Bonchev–Trinajstić information content (AvgIpc) is 3.27. The van der Waals surface area contributed by atoms with Crippen LogP contribution >= 0.6 is 11.6 Å². The minimum absolute atomic E-state index is 0.104. The summed E-state index contributed by atoms with van der Waals surface area (Å²) in [6.07, 6.45) is 3.12. The van der Waals surface area contributed by atoms with E-state index in [1.54, 1.807) is 0 Å². The first-order chi connectivity index (χ1) is 13.5. The van der Waals surface area contributed by atoms with Gasteiger partial charge in [0.05, 0.1) is 17.7 Å². The van der Waals surface area contributed by atoms with E-state index in [2.05, 4.69) is 17.0 Å². The number of carbonyl (C=O) groups excluding carboxylic acids is 1. The van der Waals surface area contributed by atoms with E-state index in [1.165, 1.54) is 12.8 Å². The van der Waals surface area contributed by atoms with E-state index in [1.807, 2.05) is 36.9 Å². The molecule has 148 valence electrons. The summed E-state index contributed by atoms with van der Waals surface area (Å²) in [5, 5.41) is 0. The normalized spacial score (nSPS) is 17.0. The maximum Gasteiger partial charge on any atom is 0.229 e. The smallest absolute Gasteiger partial charge is 0.229 e. The summed E-state index contributed by atoms with van der Waals surface area (Å²) < 4.78 is 0. The van der Waals surface area contributed by atoms with Crippen molar-refractivity contribution in [3.05, 3.63) is 41.6 Å². The number of rotatable bonds is 4. The molecule has 0 radical (unpaired) electrons. The first-order valence-electron chi connectivity index (χ1n) is 10.0. The molecule has 4 rings (SSSR count). The molecular weight excluding hydrogens is 372 g/mol. The number of aromatic nitrogens is 2. The molecule has 3 heterocycles. The van der Waals surface area contributed by atoms with Crippen molar-refractivity contribution in [3.8, 4) is 11.4 Å². The van der Waals surface area contributed by atoms with Gasteiger partial charge in [0.15, 0.2) is 5.82 Å². The van der Waals surface area contributed by atoms with Crippen LogP contribution in [0, 0.1) is 5.41 Å². The predicted molar refractivity (Wildman–Crippen MR) is 113 cm³/mol. The van der Waals surface area contributed by atoms with Crippen LogP contribution in [0.5, 0.6) is 0 Å². The van der Waals surface area contributed by atoms with E-state index in [0.29, 0.717) is 19.0 Å². The van der Waals surface area contributed by atoms with Crippen molar-refractivity contribution in [1.29, 1.82) is 0 Å². The third-order valence-electron chi connectivity index (χ3n) is 5.68. The number of benzene rings is 1. The van der Waals surface area contributed by atoms with E-state index in [0.717, 1.165) is 48.0 Å². The van der Waals surface area contributed by atoms with E-state index in [4.69, 9.17) is 21.6 Å². The SMILES string of the molecule is CC(C)(CCl)C(=O)N1CCc2nc(-c3ccccc3)nc(N3CCCC3)c2C1. The Bertz CT molecular complexity index is 862. The number of hydrogen-bond donors (Lipinski definition) is 0. The topological polar surface area (TPSA) is 49.3 Å². The molecule has 2 aliphatic heterocycles. The largest absolute Gasteiger partial charge is 0.356 e. The van der Waals surface area contributed by atoms with Gasteiger partial charge in [-0.15, -0.1) is 11.6 Å². The third-order valence-corrected chi connectivity index (χ3v) is 6.34. The van der Waals surface area contributed by atoms with Gasteiger partial charge in [-0.05, 0) is 26.7 Å². The Morgan fingerprint density at radius 3 is 2.50 bits per heavy atom. The summed E-state index contributed by atoms with van der Waals surface area (Å²) in [6.45, 7) is 7.09. The molecule has 6 heteroatoms. The van der Waals surface area contributed by atoms with Gasteiger partial charge in [-0.3, -0.25) is 4.79 Å². The van der Waals surface area contributed by atoms with Crippen LogP contribution in [0.2, 0.25) is 0 Å². The predicted octanol–water partition coefficient (Wildman–Crippen LogP) is 3.89. The zero-order valence-corrected chi connectivity index (χ0v) is 17.4. The highest BCUT2D eigenvalue weighted by Crippen LogP contribution is 2.33. The molecule has 2 aliphatic rings. The van der Waals surface area contributed by atoms with Crippen LogP contribution in [0.4, 0.5) is 5.82 Å². The molecule has 1 aromatic heterocycles. The molecule has 0 bridgehead atoms. The lowest BCUT2D eigenvalue weighted by Gasteiger charge is -2.35. The van der Waals surface area contributed by atoms with Crippen LogP contribution in [0.15, 0.2) is 30.3 Å². The minimum Gasteiger partial charge on any atom is -0.356 e. The van der Waals surface area contributed by atoms with E-state index in [-0.39, 0.29) is 5.91 Å². The molecule has 5 nitrogen and oxygen atoms in total. The number of fused-ring (bicyclic) bond motifs is 1. The molecular formula is C22H27ClN4O. The lowest BCUT2D eigenvalue weighted by molar-refractivity contribution is -0.140. The Morgan fingerprint density at radius 1 is 1.11 bits per heavy atom. The van der Waals surface area contributed by atoms with Crippen LogP contribution < -0.4 is 4.90 Å². The molecule has 0 N–H and O–H groups in total. The Kier molecular flexibility index (Phi) is 5.28. The van der Waals surface area contributed by atoms with Crippen LogP contribution in [-0.4, -0.2) is 46.3 Å². The quantitative estimate of drug-likeness (QED) is 0.733.